The number of likely N-dealkylation sites (tertiary alicyclic amines) is 1. The summed E-state index contributed by atoms with van der Waals surface area (Å²) in [4.78, 5) is 14.3. The number of hydrogen-bond donors (Lipinski definition) is 1. The van der Waals surface area contributed by atoms with Crippen LogP contribution in [-0.4, -0.2) is 43.5 Å². The maximum absolute atomic E-state index is 12.2. The third-order valence-electron chi connectivity index (χ3n) is 3.63. The minimum atomic E-state index is -2.90. The molecule has 2 rings (SSSR count). The van der Waals surface area contributed by atoms with Crippen molar-refractivity contribution in [2.45, 2.75) is 25.5 Å². The summed E-state index contributed by atoms with van der Waals surface area (Å²) in [6.07, 6.45) is 5.12. The fraction of sp³-hybridized carbons (Fsp3) is 0.438. The summed E-state index contributed by atoms with van der Waals surface area (Å²) in [5, 5.41) is 3.21. The number of ketones is 1. The summed E-state index contributed by atoms with van der Waals surface area (Å²) in [7, 11) is 2.09. The quantitative estimate of drug-likeness (QED) is 0.648. The zero-order valence-electron chi connectivity index (χ0n) is 12.5. The summed E-state index contributed by atoms with van der Waals surface area (Å²) < 4.78 is 28.6. The van der Waals surface area contributed by atoms with Crippen molar-refractivity contribution in [2.24, 2.45) is 0 Å². The van der Waals surface area contributed by atoms with Gasteiger partial charge >= 0.3 is 6.61 Å². The molecule has 0 atom stereocenters. The molecule has 1 aliphatic heterocycles. The zero-order valence-corrected chi connectivity index (χ0v) is 12.5. The van der Waals surface area contributed by atoms with Gasteiger partial charge in [0.2, 0.25) is 0 Å². The fourth-order valence-electron chi connectivity index (χ4n) is 2.36. The van der Waals surface area contributed by atoms with Crippen LogP contribution in [0.3, 0.4) is 0 Å². The highest BCUT2D eigenvalue weighted by Gasteiger charge is 2.14. The highest BCUT2D eigenvalue weighted by atomic mass is 19.3. The van der Waals surface area contributed by atoms with Gasteiger partial charge in [0, 0.05) is 23.9 Å². The molecular formula is C16H20F2N2O2. The Bertz CT molecular complexity index is 527. The van der Waals surface area contributed by atoms with Crippen LogP contribution in [0.25, 0.3) is 0 Å². The van der Waals surface area contributed by atoms with E-state index in [1.807, 2.05) is 0 Å². The van der Waals surface area contributed by atoms with Gasteiger partial charge in [0.25, 0.3) is 0 Å². The predicted molar refractivity (Wildman–Crippen MR) is 80.2 cm³/mol. The largest absolute Gasteiger partial charge is 0.435 e. The van der Waals surface area contributed by atoms with Crippen molar-refractivity contribution in [1.82, 2.24) is 10.2 Å². The summed E-state index contributed by atoms with van der Waals surface area (Å²) in [6.45, 7) is -0.828. The number of hydrogen-bond acceptors (Lipinski definition) is 4. The smallest absolute Gasteiger partial charge is 0.387 e. The fourth-order valence-corrected chi connectivity index (χ4v) is 2.36. The molecular weight excluding hydrogens is 290 g/mol. The van der Waals surface area contributed by atoms with Gasteiger partial charge in [0.15, 0.2) is 5.78 Å². The second-order valence-corrected chi connectivity index (χ2v) is 5.35. The molecule has 0 aromatic heterocycles. The van der Waals surface area contributed by atoms with Gasteiger partial charge < -0.3 is 15.0 Å². The molecule has 1 N–H and O–H groups in total. The summed E-state index contributed by atoms with van der Waals surface area (Å²) >= 11 is 0. The Balaban J connectivity index is 1.87. The average Bonchev–Trinajstić information content (AvgIpc) is 2.49. The first-order valence-electron chi connectivity index (χ1n) is 7.25. The van der Waals surface area contributed by atoms with Crippen molar-refractivity contribution >= 4 is 5.78 Å². The lowest BCUT2D eigenvalue weighted by Crippen LogP contribution is -2.38. The lowest BCUT2D eigenvalue weighted by atomic mass is 10.1. The van der Waals surface area contributed by atoms with E-state index in [1.165, 1.54) is 24.3 Å². The molecule has 0 amide bonds. The van der Waals surface area contributed by atoms with Gasteiger partial charge in [-0.05, 0) is 45.1 Å². The van der Waals surface area contributed by atoms with Crippen LogP contribution >= 0.6 is 0 Å². The Morgan fingerprint density at radius 2 is 2.14 bits per heavy atom. The second-order valence-electron chi connectivity index (χ2n) is 5.35. The van der Waals surface area contributed by atoms with Crippen molar-refractivity contribution in [1.29, 1.82) is 0 Å². The number of rotatable bonds is 6. The van der Waals surface area contributed by atoms with Gasteiger partial charge in [-0.1, -0.05) is 12.1 Å². The molecule has 22 heavy (non-hydrogen) atoms. The van der Waals surface area contributed by atoms with Crippen LogP contribution in [0.1, 0.15) is 23.2 Å². The van der Waals surface area contributed by atoms with Gasteiger partial charge in [-0.15, -0.1) is 0 Å². The lowest BCUT2D eigenvalue weighted by Gasteiger charge is -2.28. The second kappa shape index (κ2) is 7.89. The number of piperidine rings is 1. The molecule has 1 fully saturated rings. The highest BCUT2D eigenvalue weighted by Crippen LogP contribution is 2.16. The Hall–Kier alpha value is -1.95. The molecule has 1 aliphatic rings. The van der Waals surface area contributed by atoms with Crippen LogP contribution in [0, 0.1) is 0 Å². The molecule has 0 radical (unpaired) electrons. The molecule has 0 saturated carbocycles. The van der Waals surface area contributed by atoms with E-state index in [9.17, 15) is 13.6 Å². The monoisotopic (exact) mass is 310 g/mol. The number of carbonyl (C=O) groups excluding carboxylic acids is 1. The van der Waals surface area contributed by atoms with Gasteiger partial charge in [0.1, 0.15) is 5.75 Å². The maximum atomic E-state index is 12.2. The average molecular weight is 310 g/mol. The van der Waals surface area contributed by atoms with Crippen LogP contribution in [0.4, 0.5) is 8.78 Å². The molecule has 6 heteroatoms. The first-order valence-corrected chi connectivity index (χ1v) is 7.25. The number of halogens is 2. The number of allylic oxidation sites excluding steroid dienone is 1. The summed E-state index contributed by atoms with van der Waals surface area (Å²) in [5.41, 5.74) is 0.319. The predicted octanol–water partition coefficient (Wildman–Crippen LogP) is 2.67. The maximum Gasteiger partial charge on any atom is 0.387 e. The van der Waals surface area contributed by atoms with Crippen LogP contribution in [0.2, 0.25) is 0 Å². The first-order chi connectivity index (χ1) is 10.5. The number of nitrogens with zero attached hydrogens (tertiary/aromatic N) is 1. The van der Waals surface area contributed by atoms with E-state index < -0.39 is 6.61 Å². The molecule has 1 aromatic rings. The summed E-state index contributed by atoms with van der Waals surface area (Å²) in [5.74, 6) is -0.266. The van der Waals surface area contributed by atoms with Crippen molar-refractivity contribution < 1.29 is 18.3 Å². The van der Waals surface area contributed by atoms with E-state index in [1.54, 1.807) is 12.3 Å². The first kappa shape index (κ1) is 16.4. The van der Waals surface area contributed by atoms with Crippen LogP contribution in [0.15, 0.2) is 36.5 Å². The zero-order chi connectivity index (χ0) is 15.9. The minimum Gasteiger partial charge on any atom is -0.435 e. The molecule has 1 heterocycles. The topological polar surface area (TPSA) is 41.6 Å². The van der Waals surface area contributed by atoms with Crippen molar-refractivity contribution in [3.63, 3.8) is 0 Å². The Labute approximate surface area is 128 Å². The molecule has 120 valence electrons. The molecule has 0 bridgehead atoms. The van der Waals surface area contributed by atoms with E-state index in [0.717, 1.165) is 25.9 Å². The lowest BCUT2D eigenvalue weighted by molar-refractivity contribution is -0.0498. The number of carbonyl (C=O) groups is 1. The van der Waals surface area contributed by atoms with E-state index in [4.69, 9.17) is 0 Å². The van der Waals surface area contributed by atoms with Gasteiger partial charge in [-0.25, -0.2) is 0 Å². The Kier molecular flexibility index (Phi) is 5.89. The Morgan fingerprint density at radius 1 is 1.41 bits per heavy atom. The molecule has 0 spiro atoms. The number of alkyl halides is 2. The molecule has 0 unspecified atom stereocenters. The summed E-state index contributed by atoms with van der Waals surface area (Å²) in [6, 6.07) is 6.16. The third kappa shape index (κ3) is 5.11. The van der Waals surface area contributed by atoms with Gasteiger partial charge in [-0.3, -0.25) is 4.79 Å². The van der Waals surface area contributed by atoms with Gasteiger partial charge in [0.05, 0.1) is 0 Å². The van der Waals surface area contributed by atoms with E-state index in [-0.39, 0.29) is 11.5 Å². The molecule has 1 saturated heterocycles. The SMILES string of the molecule is CN1CCC(N/C=C/C(=O)c2cccc(OC(F)F)c2)CC1. The van der Waals surface area contributed by atoms with E-state index in [0.29, 0.717) is 11.6 Å². The van der Waals surface area contributed by atoms with Crippen LogP contribution < -0.4 is 10.1 Å². The van der Waals surface area contributed by atoms with Crippen LogP contribution in [-0.2, 0) is 0 Å². The van der Waals surface area contributed by atoms with Crippen LogP contribution in [0.5, 0.6) is 5.75 Å². The Morgan fingerprint density at radius 3 is 2.82 bits per heavy atom. The van der Waals surface area contributed by atoms with Crippen molar-refractivity contribution in [3.8, 4) is 5.75 Å². The minimum absolute atomic E-state index is 0.0162. The van der Waals surface area contributed by atoms with E-state index in [2.05, 4.69) is 22.0 Å². The third-order valence-corrected chi connectivity index (χ3v) is 3.63. The highest BCUT2D eigenvalue weighted by molar-refractivity contribution is 6.04. The molecule has 0 aliphatic carbocycles. The van der Waals surface area contributed by atoms with Gasteiger partial charge in [-0.2, -0.15) is 8.78 Å². The van der Waals surface area contributed by atoms with Crippen molar-refractivity contribution in [2.75, 3.05) is 20.1 Å². The van der Waals surface area contributed by atoms with Crippen molar-refractivity contribution in [3.05, 3.63) is 42.1 Å². The molecule has 4 nitrogen and oxygen atoms in total. The molecule has 1 aromatic carbocycles. The van der Waals surface area contributed by atoms with E-state index >= 15 is 0 Å². The normalized spacial score (nSPS) is 17.1. The number of nitrogens with one attached hydrogen (secondary N) is 1. The number of benzene rings is 1. The number of ether oxygens (including phenoxy) is 1. The standard InChI is InChI=1S/C16H20F2N2O2/c1-20-9-6-13(7-10-20)19-8-5-15(21)12-3-2-4-14(11-12)22-16(17)18/h2-5,8,11,13,16,19H,6-7,9-10H2,1H3/b8-5+.